The second kappa shape index (κ2) is 5.15. The van der Waals surface area contributed by atoms with E-state index < -0.39 is 0 Å². The molecular weight excluding hydrogens is 220 g/mol. The highest BCUT2D eigenvalue weighted by atomic mass is 15.0. The Hall–Kier alpha value is -1.28. The van der Waals surface area contributed by atoms with Crippen molar-refractivity contribution in [1.29, 1.82) is 0 Å². The van der Waals surface area contributed by atoms with Gasteiger partial charge in [0.1, 0.15) is 0 Å². The zero-order chi connectivity index (χ0) is 13.3. The number of aryl methyl sites for hydroxylation is 1. The Morgan fingerprint density at radius 2 is 1.94 bits per heavy atom. The largest absolute Gasteiger partial charge is 0.344 e. The number of nitrogens with zero attached hydrogens (tertiary/aromatic N) is 1. The van der Waals surface area contributed by atoms with Gasteiger partial charge < -0.3 is 9.88 Å². The maximum atomic E-state index is 3.21. The maximum Gasteiger partial charge on any atom is 0.0485 e. The monoisotopic (exact) mass is 244 g/mol. The Morgan fingerprint density at radius 3 is 2.56 bits per heavy atom. The maximum absolute atomic E-state index is 3.21. The van der Waals surface area contributed by atoms with E-state index in [4.69, 9.17) is 0 Å². The molecule has 1 heterocycles. The van der Waals surface area contributed by atoms with Gasteiger partial charge in [-0.25, -0.2) is 0 Å². The van der Waals surface area contributed by atoms with Gasteiger partial charge in [-0.1, -0.05) is 19.9 Å². The Labute approximate surface area is 110 Å². The Bertz CT molecular complexity index is 550. The van der Waals surface area contributed by atoms with Gasteiger partial charge in [0.25, 0.3) is 0 Å². The molecule has 2 rings (SSSR count). The zero-order valence-corrected chi connectivity index (χ0v) is 12.2. The van der Waals surface area contributed by atoms with Crippen molar-refractivity contribution in [2.45, 2.75) is 40.8 Å². The minimum Gasteiger partial charge on any atom is -0.344 e. The van der Waals surface area contributed by atoms with Crippen LogP contribution < -0.4 is 5.32 Å². The molecule has 18 heavy (non-hydrogen) atoms. The van der Waals surface area contributed by atoms with Crippen molar-refractivity contribution >= 4 is 10.9 Å². The third kappa shape index (κ3) is 2.30. The van der Waals surface area contributed by atoms with Gasteiger partial charge in [-0.05, 0) is 50.1 Å². The molecule has 0 saturated carbocycles. The fraction of sp³-hybridized carbons (Fsp3) is 0.500. The average molecular weight is 244 g/mol. The Morgan fingerprint density at radius 1 is 1.22 bits per heavy atom. The van der Waals surface area contributed by atoms with Gasteiger partial charge in [-0.15, -0.1) is 0 Å². The first-order valence-corrected chi connectivity index (χ1v) is 6.77. The summed E-state index contributed by atoms with van der Waals surface area (Å²) in [7, 11) is 1.99. The first-order valence-electron chi connectivity index (χ1n) is 6.77. The van der Waals surface area contributed by atoms with Crippen LogP contribution in [0.15, 0.2) is 18.2 Å². The summed E-state index contributed by atoms with van der Waals surface area (Å²) < 4.78 is 2.46. The molecule has 0 spiro atoms. The van der Waals surface area contributed by atoms with Gasteiger partial charge in [-0.2, -0.15) is 0 Å². The molecule has 0 aliphatic heterocycles. The van der Waals surface area contributed by atoms with Crippen LogP contribution in [0.1, 0.15) is 30.7 Å². The van der Waals surface area contributed by atoms with Crippen LogP contribution in [-0.4, -0.2) is 11.6 Å². The standard InChI is InChI=1S/C16H24N2/c1-11(2)10-18-13(4)12(3)15-8-14(9-17-5)6-7-16(15)18/h6-8,11,17H,9-10H2,1-5H3. The van der Waals surface area contributed by atoms with E-state index in [0.717, 1.165) is 13.1 Å². The van der Waals surface area contributed by atoms with Crippen molar-refractivity contribution in [1.82, 2.24) is 9.88 Å². The van der Waals surface area contributed by atoms with Crippen molar-refractivity contribution < 1.29 is 0 Å². The minimum absolute atomic E-state index is 0.677. The molecule has 0 amide bonds. The molecule has 1 aromatic heterocycles. The number of hydrogen-bond acceptors (Lipinski definition) is 1. The molecule has 2 aromatic rings. The summed E-state index contributed by atoms with van der Waals surface area (Å²) in [5.41, 5.74) is 5.55. The number of hydrogen-bond donors (Lipinski definition) is 1. The van der Waals surface area contributed by atoms with E-state index in [9.17, 15) is 0 Å². The second-order valence-electron chi connectivity index (χ2n) is 5.60. The van der Waals surface area contributed by atoms with Gasteiger partial charge in [-0.3, -0.25) is 0 Å². The van der Waals surface area contributed by atoms with Crippen LogP contribution in [0.2, 0.25) is 0 Å². The predicted molar refractivity (Wildman–Crippen MR) is 79.0 cm³/mol. The lowest BCUT2D eigenvalue weighted by Crippen LogP contribution is -2.06. The molecule has 0 fully saturated rings. The molecule has 0 atom stereocenters. The lowest BCUT2D eigenvalue weighted by molar-refractivity contribution is 0.527. The fourth-order valence-corrected chi connectivity index (χ4v) is 2.61. The molecule has 0 radical (unpaired) electrons. The fourth-order valence-electron chi connectivity index (χ4n) is 2.61. The van der Waals surface area contributed by atoms with Crippen molar-refractivity contribution in [3.63, 3.8) is 0 Å². The smallest absolute Gasteiger partial charge is 0.0485 e. The summed E-state index contributed by atoms with van der Waals surface area (Å²) in [5, 5.41) is 4.62. The third-order valence-corrected chi connectivity index (χ3v) is 3.63. The average Bonchev–Trinajstić information content (AvgIpc) is 2.55. The van der Waals surface area contributed by atoms with Gasteiger partial charge >= 0.3 is 0 Å². The summed E-state index contributed by atoms with van der Waals surface area (Å²) in [4.78, 5) is 0. The number of fused-ring (bicyclic) bond motifs is 1. The summed E-state index contributed by atoms with van der Waals surface area (Å²) in [6, 6.07) is 6.82. The van der Waals surface area contributed by atoms with Gasteiger partial charge in [0.2, 0.25) is 0 Å². The molecule has 0 aliphatic rings. The number of rotatable bonds is 4. The number of nitrogens with one attached hydrogen (secondary N) is 1. The van der Waals surface area contributed by atoms with E-state index in [2.05, 4.69) is 55.8 Å². The van der Waals surface area contributed by atoms with Crippen molar-refractivity contribution in [3.05, 3.63) is 35.0 Å². The topological polar surface area (TPSA) is 17.0 Å². The molecular formula is C16H24N2. The van der Waals surface area contributed by atoms with Crippen molar-refractivity contribution in [3.8, 4) is 0 Å². The summed E-state index contributed by atoms with van der Waals surface area (Å²) in [5.74, 6) is 0.677. The van der Waals surface area contributed by atoms with Crippen LogP contribution >= 0.6 is 0 Å². The van der Waals surface area contributed by atoms with Gasteiger partial charge in [0.15, 0.2) is 0 Å². The van der Waals surface area contributed by atoms with E-state index in [1.54, 1.807) is 0 Å². The molecule has 1 aromatic carbocycles. The van der Waals surface area contributed by atoms with Crippen molar-refractivity contribution in [2.24, 2.45) is 5.92 Å². The number of benzene rings is 1. The van der Waals surface area contributed by atoms with E-state index in [1.807, 2.05) is 7.05 Å². The summed E-state index contributed by atoms with van der Waals surface area (Å²) >= 11 is 0. The highest BCUT2D eigenvalue weighted by Gasteiger charge is 2.11. The normalized spacial score (nSPS) is 11.7. The van der Waals surface area contributed by atoms with Crippen molar-refractivity contribution in [2.75, 3.05) is 7.05 Å². The highest BCUT2D eigenvalue weighted by molar-refractivity contribution is 5.86. The van der Waals surface area contributed by atoms with E-state index in [-0.39, 0.29) is 0 Å². The molecule has 0 aliphatic carbocycles. The first kappa shape index (κ1) is 13.2. The Kier molecular flexibility index (Phi) is 3.76. The molecule has 2 heteroatoms. The zero-order valence-electron chi connectivity index (χ0n) is 12.2. The molecule has 1 N–H and O–H groups in total. The molecule has 0 bridgehead atoms. The van der Waals surface area contributed by atoms with Gasteiger partial charge in [0, 0.05) is 29.7 Å². The second-order valence-corrected chi connectivity index (χ2v) is 5.60. The summed E-state index contributed by atoms with van der Waals surface area (Å²) in [6.45, 7) is 11.0. The predicted octanol–water partition coefficient (Wildman–Crippen LogP) is 3.63. The SMILES string of the molecule is CNCc1ccc2c(c1)c(C)c(C)n2CC(C)C. The molecule has 0 unspecified atom stereocenters. The van der Waals surface area contributed by atoms with Gasteiger partial charge in [0.05, 0.1) is 0 Å². The van der Waals surface area contributed by atoms with Crippen LogP contribution in [0.4, 0.5) is 0 Å². The molecule has 98 valence electrons. The minimum atomic E-state index is 0.677. The molecule has 2 nitrogen and oxygen atoms in total. The highest BCUT2D eigenvalue weighted by Crippen LogP contribution is 2.27. The Balaban J connectivity index is 2.56. The lowest BCUT2D eigenvalue weighted by Gasteiger charge is -2.11. The third-order valence-electron chi connectivity index (χ3n) is 3.63. The van der Waals surface area contributed by atoms with Crippen LogP contribution in [0.25, 0.3) is 10.9 Å². The van der Waals surface area contributed by atoms with E-state index >= 15 is 0 Å². The summed E-state index contributed by atoms with van der Waals surface area (Å²) in [6.07, 6.45) is 0. The van der Waals surface area contributed by atoms with E-state index in [0.29, 0.717) is 5.92 Å². The lowest BCUT2D eigenvalue weighted by atomic mass is 10.1. The van der Waals surface area contributed by atoms with Crippen LogP contribution in [0.5, 0.6) is 0 Å². The van der Waals surface area contributed by atoms with Crippen LogP contribution in [0.3, 0.4) is 0 Å². The van der Waals surface area contributed by atoms with Crippen LogP contribution in [-0.2, 0) is 13.1 Å². The van der Waals surface area contributed by atoms with E-state index in [1.165, 1.54) is 27.7 Å². The number of aromatic nitrogens is 1. The first-order chi connectivity index (χ1) is 8.54. The van der Waals surface area contributed by atoms with Crippen LogP contribution in [0, 0.1) is 19.8 Å². The molecule has 0 saturated heterocycles. The quantitative estimate of drug-likeness (QED) is 0.869.